The van der Waals surface area contributed by atoms with E-state index >= 15 is 0 Å². The normalized spacial score (nSPS) is 11.0. The molecular formula is C17H11ClN6O2. The summed E-state index contributed by atoms with van der Waals surface area (Å²) in [4.78, 5) is 10.7. The monoisotopic (exact) mass is 366 g/mol. The fourth-order valence-corrected chi connectivity index (χ4v) is 2.93. The highest BCUT2D eigenvalue weighted by atomic mass is 35.5. The number of nitro benzene ring substituents is 1. The highest BCUT2D eigenvalue weighted by molar-refractivity contribution is 6.30. The summed E-state index contributed by atoms with van der Waals surface area (Å²) in [6, 6.07) is 13.4. The third-order valence-corrected chi connectivity index (χ3v) is 4.23. The summed E-state index contributed by atoms with van der Waals surface area (Å²) in [6.45, 7) is 0. The smallest absolute Gasteiger partial charge is 0.270 e. The molecule has 0 amide bonds. The van der Waals surface area contributed by atoms with Crippen LogP contribution >= 0.6 is 11.6 Å². The number of aromatic nitrogens is 4. The first kappa shape index (κ1) is 16.0. The van der Waals surface area contributed by atoms with Crippen molar-refractivity contribution in [2.24, 2.45) is 0 Å². The van der Waals surface area contributed by atoms with Crippen molar-refractivity contribution in [3.05, 3.63) is 63.7 Å². The molecular weight excluding hydrogens is 356 g/mol. The Balaban J connectivity index is 2.05. The number of nitrogen functional groups attached to an aromatic ring is 1. The van der Waals surface area contributed by atoms with E-state index in [1.165, 1.54) is 12.1 Å². The summed E-state index contributed by atoms with van der Waals surface area (Å²) in [7, 11) is 0. The van der Waals surface area contributed by atoms with Crippen LogP contribution in [0.5, 0.6) is 0 Å². The Morgan fingerprint density at radius 1 is 1.08 bits per heavy atom. The summed E-state index contributed by atoms with van der Waals surface area (Å²) in [6.07, 6.45) is 0. The van der Waals surface area contributed by atoms with E-state index in [0.29, 0.717) is 32.9 Å². The molecule has 0 fully saturated rings. The van der Waals surface area contributed by atoms with Gasteiger partial charge >= 0.3 is 0 Å². The Kier molecular flexibility index (Phi) is 3.74. The van der Waals surface area contributed by atoms with Gasteiger partial charge in [-0.1, -0.05) is 35.9 Å². The number of nitrogens with one attached hydrogen (secondary N) is 1. The largest absolute Gasteiger partial charge is 0.382 e. The topological polar surface area (TPSA) is 124 Å². The quantitative estimate of drug-likeness (QED) is 0.419. The minimum atomic E-state index is -0.455. The molecule has 0 saturated carbocycles. The van der Waals surface area contributed by atoms with Crippen LogP contribution in [0, 0.1) is 10.1 Å². The number of fused-ring (bicyclic) bond motifs is 1. The number of anilines is 1. The molecule has 0 atom stereocenters. The van der Waals surface area contributed by atoms with Crippen LogP contribution in [0.25, 0.3) is 33.4 Å². The summed E-state index contributed by atoms with van der Waals surface area (Å²) < 4.78 is 0. The second-order valence-electron chi connectivity index (χ2n) is 5.57. The van der Waals surface area contributed by atoms with Crippen LogP contribution in [0.1, 0.15) is 0 Å². The van der Waals surface area contributed by atoms with Gasteiger partial charge in [0.2, 0.25) is 0 Å². The zero-order valence-corrected chi connectivity index (χ0v) is 13.9. The number of benzene rings is 2. The Morgan fingerprint density at radius 2 is 1.85 bits per heavy atom. The third kappa shape index (κ3) is 2.62. The van der Waals surface area contributed by atoms with Gasteiger partial charge in [0.05, 0.1) is 10.3 Å². The van der Waals surface area contributed by atoms with Crippen molar-refractivity contribution >= 4 is 34.1 Å². The van der Waals surface area contributed by atoms with Gasteiger partial charge in [-0.3, -0.25) is 15.2 Å². The summed E-state index contributed by atoms with van der Waals surface area (Å²) in [5.74, 6) is 0.270. The molecule has 4 rings (SSSR count). The van der Waals surface area contributed by atoms with Gasteiger partial charge in [-0.25, -0.2) is 0 Å². The molecule has 0 saturated heterocycles. The molecule has 26 heavy (non-hydrogen) atoms. The highest BCUT2D eigenvalue weighted by Crippen LogP contribution is 2.38. The van der Waals surface area contributed by atoms with E-state index in [-0.39, 0.29) is 11.5 Å². The lowest BCUT2D eigenvalue weighted by Crippen LogP contribution is -1.97. The number of nitro groups is 1. The molecule has 9 heteroatoms. The molecule has 4 aromatic rings. The molecule has 2 aromatic heterocycles. The predicted molar refractivity (Wildman–Crippen MR) is 98.6 cm³/mol. The second kappa shape index (κ2) is 6.08. The standard InChI is InChI=1S/C17H11ClN6O2/c18-11-6-4-9(5-7-11)13-14-16(19)21-23-17(14)22-20-15(13)10-2-1-3-12(8-10)24(25)26/h1-8H,(H3,19,21,22,23). The number of aromatic amines is 1. The van der Waals surface area contributed by atoms with Crippen LogP contribution in [-0.2, 0) is 0 Å². The number of hydrogen-bond acceptors (Lipinski definition) is 6. The molecule has 2 heterocycles. The summed E-state index contributed by atoms with van der Waals surface area (Å²) in [5.41, 5.74) is 8.92. The van der Waals surface area contributed by atoms with Gasteiger partial charge in [0, 0.05) is 28.3 Å². The van der Waals surface area contributed by atoms with E-state index in [1.807, 2.05) is 12.1 Å². The maximum absolute atomic E-state index is 11.1. The highest BCUT2D eigenvalue weighted by Gasteiger charge is 2.20. The molecule has 8 nitrogen and oxygen atoms in total. The molecule has 128 valence electrons. The molecule has 0 spiro atoms. The number of nitrogens with two attached hydrogens (primary N) is 1. The van der Waals surface area contributed by atoms with Gasteiger partial charge in [0.15, 0.2) is 11.5 Å². The number of hydrogen-bond donors (Lipinski definition) is 2. The minimum Gasteiger partial charge on any atom is -0.382 e. The lowest BCUT2D eigenvalue weighted by molar-refractivity contribution is -0.384. The maximum atomic E-state index is 11.1. The summed E-state index contributed by atoms with van der Waals surface area (Å²) in [5, 5.41) is 27.4. The average Bonchev–Trinajstić information content (AvgIpc) is 3.03. The Hall–Kier alpha value is -3.52. The van der Waals surface area contributed by atoms with Gasteiger partial charge in [-0.2, -0.15) is 5.10 Å². The lowest BCUT2D eigenvalue weighted by Gasteiger charge is -2.10. The van der Waals surface area contributed by atoms with Crippen molar-refractivity contribution in [1.82, 2.24) is 20.4 Å². The molecule has 0 unspecified atom stereocenters. The van der Waals surface area contributed by atoms with E-state index < -0.39 is 4.92 Å². The number of H-pyrrole nitrogens is 1. The number of non-ortho nitro benzene ring substituents is 1. The zero-order valence-electron chi connectivity index (χ0n) is 13.2. The van der Waals surface area contributed by atoms with Crippen molar-refractivity contribution in [1.29, 1.82) is 0 Å². The van der Waals surface area contributed by atoms with Crippen molar-refractivity contribution in [2.75, 3.05) is 5.73 Å². The second-order valence-corrected chi connectivity index (χ2v) is 6.01. The molecule has 0 aliphatic heterocycles. The van der Waals surface area contributed by atoms with Crippen LogP contribution in [0.2, 0.25) is 5.02 Å². The van der Waals surface area contributed by atoms with Crippen LogP contribution in [-0.4, -0.2) is 25.3 Å². The zero-order chi connectivity index (χ0) is 18.3. The molecule has 0 radical (unpaired) electrons. The first-order chi connectivity index (χ1) is 12.5. The fourth-order valence-electron chi connectivity index (χ4n) is 2.80. The third-order valence-electron chi connectivity index (χ3n) is 3.98. The van der Waals surface area contributed by atoms with E-state index in [4.69, 9.17) is 17.3 Å². The number of halogens is 1. The molecule has 3 N–H and O–H groups in total. The van der Waals surface area contributed by atoms with Crippen molar-refractivity contribution in [3.8, 4) is 22.4 Å². The first-order valence-electron chi connectivity index (χ1n) is 7.55. The Labute approximate surface area is 151 Å². The van der Waals surface area contributed by atoms with E-state index in [1.54, 1.807) is 24.3 Å². The van der Waals surface area contributed by atoms with E-state index in [9.17, 15) is 10.1 Å². The van der Waals surface area contributed by atoms with Crippen molar-refractivity contribution in [2.45, 2.75) is 0 Å². The van der Waals surface area contributed by atoms with Gasteiger partial charge in [-0.05, 0) is 17.7 Å². The van der Waals surface area contributed by atoms with Crippen LogP contribution in [0.15, 0.2) is 48.5 Å². The molecule has 0 aliphatic rings. The fraction of sp³-hybridized carbons (Fsp3) is 0. The molecule has 0 bridgehead atoms. The minimum absolute atomic E-state index is 0.0355. The van der Waals surface area contributed by atoms with Gasteiger partial charge < -0.3 is 5.73 Å². The van der Waals surface area contributed by atoms with Gasteiger partial charge in [-0.15, -0.1) is 10.2 Å². The first-order valence-corrected chi connectivity index (χ1v) is 7.93. The van der Waals surface area contributed by atoms with Crippen molar-refractivity contribution in [3.63, 3.8) is 0 Å². The Bertz CT molecular complexity index is 1140. The Morgan fingerprint density at radius 3 is 2.58 bits per heavy atom. The maximum Gasteiger partial charge on any atom is 0.270 e. The van der Waals surface area contributed by atoms with Crippen LogP contribution in [0.4, 0.5) is 11.5 Å². The number of nitrogens with zero attached hydrogens (tertiary/aromatic N) is 4. The molecule has 0 aliphatic carbocycles. The molecule has 2 aromatic carbocycles. The van der Waals surface area contributed by atoms with Crippen molar-refractivity contribution < 1.29 is 4.92 Å². The van der Waals surface area contributed by atoms with Crippen LogP contribution < -0.4 is 5.73 Å². The van der Waals surface area contributed by atoms with E-state index in [2.05, 4.69) is 20.4 Å². The predicted octanol–water partition coefficient (Wildman–Crippen LogP) is 3.83. The lowest BCUT2D eigenvalue weighted by atomic mass is 9.97. The SMILES string of the molecule is Nc1n[nH]c2nnc(-c3cccc([N+](=O)[O-])c3)c(-c3ccc(Cl)cc3)c12. The van der Waals surface area contributed by atoms with Crippen LogP contribution in [0.3, 0.4) is 0 Å². The average molecular weight is 367 g/mol. The number of rotatable bonds is 3. The summed E-state index contributed by atoms with van der Waals surface area (Å²) >= 11 is 5.99. The van der Waals surface area contributed by atoms with Gasteiger partial charge in [0.1, 0.15) is 5.69 Å². The van der Waals surface area contributed by atoms with Gasteiger partial charge in [0.25, 0.3) is 5.69 Å². The van der Waals surface area contributed by atoms with E-state index in [0.717, 1.165) is 5.56 Å².